The first-order valence-electron chi connectivity index (χ1n) is 6.49. The second-order valence-electron chi connectivity index (χ2n) is 5.54. The van der Waals surface area contributed by atoms with E-state index in [1.54, 1.807) is 10.4 Å². The van der Waals surface area contributed by atoms with E-state index in [1.165, 1.54) is 5.19 Å². The highest BCUT2D eigenvalue weighted by Crippen LogP contribution is 2.04. The van der Waals surface area contributed by atoms with E-state index in [0.29, 0.717) is 0 Å². The molecule has 1 radical (unpaired) electrons. The van der Waals surface area contributed by atoms with Crippen LogP contribution in [0.25, 0.3) is 0 Å². The first-order valence-corrected chi connectivity index (χ1v) is 12.0. The van der Waals surface area contributed by atoms with E-state index >= 15 is 0 Å². The molecule has 0 heterocycles. The van der Waals surface area contributed by atoms with Crippen LogP contribution in [0.3, 0.4) is 0 Å². The number of benzene rings is 2. The van der Waals surface area contributed by atoms with Gasteiger partial charge in [-0.25, -0.2) is 0 Å². The number of hydrogen-bond donors (Lipinski definition) is 0. The van der Waals surface area contributed by atoms with E-state index in [9.17, 15) is 0 Å². The van der Waals surface area contributed by atoms with Gasteiger partial charge in [-0.2, -0.15) is 0 Å². The minimum Gasteiger partial charge on any atom is -0.0671 e. The van der Waals surface area contributed by atoms with Crippen LogP contribution in [0.15, 0.2) is 54.6 Å². The first kappa shape index (κ1) is 13.3. The highest BCUT2D eigenvalue weighted by Gasteiger charge is 2.28. The van der Waals surface area contributed by atoms with Crippen LogP contribution >= 0.6 is 0 Å². The van der Waals surface area contributed by atoms with Gasteiger partial charge >= 0.3 is 0 Å². The molecule has 0 bridgehead atoms. The summed E-state index contributed by atoms with van der Waals surface area (Å²) in [4.78, 5) is 0. The SMILES string of the molecule is C[Si](C)c1ccccc1[Si](C)(C)c1ccccc1. The average Bonchev–Trinajstić information content (AvgIpc) is 2.39. The Balaban J connectivity index is 2.54. The summed E-state index contributed by atoms with van der Waals surface area (Å²) < 4.78 is 0. The van der Waals surface area contributed by atoms with Crippen molar-refractivity contribution in [1.82, 2.24) is 0 Å². The van der Waals surface area contributed by atoms with Crippen molar-refractivity contribution >= 4 is 32.4 Å². The van der Waals surface area contributed by atoms with Crippen LogP contribution in [-0.4, -0.2) is 16.9 Å². The molecular weight excluding hydrogens is 248 g/mol. The van der Waals surface area contributed by atoms with Crippen molar-refractivity contribution < 1.29 is 0 Å². The normalized spacial score (nSPS) is 11.8. The standard InChI is InChI=1S/C16H21Si2/c1-17(2)15-12-8-9-13-16(15)18(3,4)14-10-6-5-7-11-14/h5-13H,1-4H3. The van der Waals surface area contributed by atoms with Crippen LogP contribution < -0.4 is 15.6 Å². The number of hydrogen-bond acceptors (Lipinski definition) is 0. The molecule has 0 nitrogen and oxygen atoms in total. The predicted molar refractivity (Wildman–Crippen MR) is 86.8 cm³/mol. The van der Waals surface area contributed by atoms with Gasteiger partial charge < -0.3 is 0 Å². The minimum atomic E-state index is -1.54. The molecule has 0 aliphatic carbocycles. The lowest BCUT2D eigenvalue weighted by Gasteiger charge is -2.27. The lowest BCUT2D eigenvalue weighted by molar-refractivity contribution is 1.68. The van der Waals surface area contributed by atoms with E-state index < -0.39 is 16.9 Å². The Kier molecular flexibility index (Phi) is 3.88. The molecule has 93 valence electrons. The molecule has 0 amide bonds. The lowest BCUT2D eigenvalue weighted by atomic mass is 10.4. The van der Waals surface area contributed by atoms with Crippen LogP contribution in [-0.2, 0) is 0 Å². The summed E-state index contributed by atoms with van der Waals surface area (Å²) in [7, 11) is -1.93. The molecule has 2 aromatic carbocycles. The van der Waals surface area contributed by atoms with Gasteiger partial charge in [0.25, 0.3) is 0 Å². The average molecular weight is 270 g/mol. The maximum absolute atomic E-state index is 2.46. The molecule has 0 aliphatic heterocycles. The van der Waals surface area contributed by atoms with Crippen LogP contribution in [0.2, 0.25) is 26.2 Å². The molecule has 18 heavy (non-hydrogen) atoms. The van der Waals surface area contributed by atoms with Gasteiger partial charge in [0.1, 0.15) is 8.07 Å². The van der Waals surface area contributed by atoms with Crippen LogP contribution in [0, 0.1) is 0 Å². The van der Waals surface area contributed by atoms with E-state index in [2.05, 4.69) is 80.8 Å². The smallest absolute Gasteiger partial charge is 0.0671 e. The van der Waals surface area contributed by atoms with Gasteiger partial charge in [0.05, 0.1) is 8.80 Å². The monoisotopic (exact) mass is 269 g/mol. The van der Waals surface area contributed by atoms with Gasteiger partial charge in [0, 0.05) is 0 Å². The summed E-state index contributed by atoms with van der Waals surface area (Å²) >= 11 is 0. The third-order valence-electron chi connectivity index (χ3n) is 3.63. The zero-order valence-corrected chi connectivity index (χ0v) is 13.7. The molecule has 0 N–H and O–H groups in total. The summed E-state index contributed by atoms with van der Waals surface area (Å²) in [5.41, 5.74) is 0. The molecule has 0 unspecified atom stereocenters. The molecule has 0 fully saturated rings. The third kappa shape index (κ3) is 2.50. The molecule has 0 spiro atoms. The van der Waals surface area contributed by atoms with E-state index in [1.807, 2.05) is 0 Å². The molecular formula is C16H21Si2. The molecule has 0 aliphatic rings. The zero-order chi connectivity index (χ0) is 13.2. The second-order valence-corrected chi connectivity index (χ2v) is 12.4. The van der Waals surface area contributed by atoms with Crippen molar-refractivity contribution in [3.63, 3.8) is 0 Å². The Hall–Kier alpha value is -1.13. The minimum absolute atomic E-state index is 0.397. The zero-order valence-electron chi connectivity index (χ0n) is 11.7. The maximum atomic E-state index is 2.46. The molecule has 0 saturated carbocycles. The maximum Gasteiger partial charge on any atom is 0.112 e. The Morgan fingerprint density at radius 3 is 1.94 bits per heavy atom. The van der Waals surface area contributed by atoms with Gasteiger partial charge in [-0.15, -0.1) is 0 Å². The van der Waals surface area contributed by atoms with Crippen LogP contribution in [0.1, 0.15) is 0 Å². The topological polar surface area (TPSA) is 0 Å². The quantitative estimate of drug-likeness (QED) is 0.751. The highest BCUT2D eigenvalue weighted by atomic mass is 28.3. The van der Waals surface area contributed by atoms with Crippen molar-refractivity contribution in [2.45, 2.75) is 26.2 Å². The Morgan fingerprint density at radius 2 is 1.33 bits per heavy atom. The van der Waals surface area contributed by atoms with E-state index in [0.717, 1.165) is 0 Å². The summed E-state index contributed by atoms with van der Waals surface area (Å²) in [6.07, 6.45) is 0. The van der Waals surface area contributed by atoms with Gasteiger partial charge in [0.15, 0.2) is 0 Å². The Morgan fingerprint density at radius 1 is 0.778 bits per heavy atom. The predicted octanol–water partition coefficient (Wildman–Crippen LogP) is 2.47. The first-order chi connectivity index (χ1) is 8.53. The summed E-state index contributed by atoms with van der Waals surface area (Å²) in [6.45, 7) is 9.70. The van der Waals surface area contributed by atoms with Gasteiger partial charge in [-0.3, -0.25) is 0 Å². The van der Waals surface area contributed by atoms with E-state index in [4.69, 9.17) is 0 Å². The van der Waals surface area contributed by atoms with Crippen LogP contribution in [0.5, 0.6) is 0 Å². The van der Waals surface area contributed by atoms with Crippen LogP contribution in [0.4, 0.5) is 0 Å². The fourth-order valence-corrected chi connectivity index (χ4v) is 7.82. The largest absolute Gasteiger partial charge is 0.112 e. The molecule has 2 aromatic rings. The molecule has 2 heteroatoms. The van der Waals surface area contributed by atoms with Crippen molar-refractivity contribution in [2.24, 2.45) is 0 Å². The van der Waals surface area contributed by atoms with Gasteiger partial charge in [-0.05, 0) is 0 Å². The summed E-state index contributed by atoms with van der Waals surface area (Å²) in [5.74, 6) is 0. The molecule has 0 aromatic heterocycles. The van der Waals surface area contributed by atoms with E-state index in [-0.39, 0.29) is 0 Å². The third-order valence-corrected chi connectivity index (χ3v) is 8.96. The van der Waals surface area contributed by atoms with Crippen molar-refractivity contribution in [3.8, 4) is 0 Å². The molecule has 0 saturated heterocycles. The molecule has 0 atom stereocenters. The van der Waals surface area contributed by atoms with Crippen molar-refractivity contribution in [3.05, 3.63) is 54.6 Å². The van der Waals surface area contributed by atoms with Gasteiger partial charge in [0.2, 0.25) is 0 Å². The highest BCUT2D eigenvalue weighted by molar-refractivity contribution is 7.03. The van der Waals surface area contributed by atoms with Crippen molar-refractivity contribution in [2.75, 3.05) is 0 Å². The van der Waals surface area contributed by atoms with Gasteiger partial charge in [-0.1, -0.05) is 96.3 Å². The molecule has 2 rings (SSSR count). The fourth-order valence-electron chi connectivity index (χ4n) is 2.47. The Labute approximate surface area is 113 Å². The lowest BCUT2D eigenvalue weighted by Crippen LogP contribution is -2.60. The second kappa shape index (κ2) is 5.25. The number of rotatable bonds is 3. The fraction of sp³-hybridized carbons (Fsp3) is 0.250. The van der Waals surface area contributed by atoms with Crippen molar-refractivity contribution in [1.29, 1.82) is 0 Å². The Bertz CT molecular complexity index is 516. The summed E-state index contributed by atoms with van der Waals surface area (Å²) in [6, 6.07) is 20.1. The summed E-state index contributed by atoms with van der Waals surface area (Å²) in [5, 5.41) is 4.76.